The maximum atomic E-state index is 12.2. The molecule has 0 heterocycles. The lowest BCUT2D eigenvalue weighted by molar-refractivity contribution is -0.120. The molecule has 0 fully saturated rings. The van der Waals surface area contributed by atoms with E-state index in [1.165, 1.54) is 0 Å². The van der Waals surface area contributed by atoms with Crippen molar-refractivity contribution >= 4 is 34.8 Å². The molecule has 0 saturated carbocycles. The fourth-order valence-corrected chi connectivity index (χ4v) is 2.29. The lowest BCUT2D eigenvalue weighted by atomic mass is 10.1. The van der Waals surface area contributed by atoms with Crippen molar-refractivity contribution in [2.75, 3.05) is 17.7 Å². The summed E-state index contributed by atoms with van der Waals surface area (Å²) in [6.07, 6.45) is 0.333. The summed E-state index contributed by atoms with van der Waals surface area (Å²) in [5, 5.41) is 8.99. The van der Waals surface area contributed by atoms with Crippen LogP contribution in [-0.2, 0) is 16.0 Å². The van der Waals surface area contributed by atoms with Crippen molar-refractivity contribution in [2.24, 2.45) is 0 Å². The van der Waals surface area contributed by atoms with Crippen molar-refractivity contribution in [1.29, 1.82) is 0 Å². The molecule has 0 aliphatic heterocycles. The molecule has 0 bridgehead atoms. The molecule has 126 valence electrons. The number of carbonyl (C=O) groups is 2. The summed E-state index contributed by atoms with van der Waals surface area (Å²) >= 11 is 6.04. The van der Waals surface area contributed by atoms with Crippen molar-refractivity contribution in [3.63, 3.8) is 0 Å². The molecule has 1 unspecified atom stereocenters. The number of hydrogen-bond donors (Lipinski definition) is 3. The summed E-state index contributed by atoms with van der Waals surface area (Å²) in [5.74, 6) is -0.222. The molecule has 1 atom stereocenters. The minimum absolute atomic E-state index is 0.0387. The maximum Gasteiger partial charge on any atom is 0.246 e. The fraction of sp³-hybridized carbons (Fsp3) is 0.222. The van der Waals surface area contributed by atoms with E-state index in [2.05, 4.69) is 16.0 Å². The molecular weight excluding hydrogens is 326 g/mol. The smallest absolute Gasteiger partial charge is 0.246 e. The molecular formula is C18H20ClN3O2. The molecule has 5 nitrogen and oxygen atoms in total. The summed E-state index contributed by atoms with van der Waals surface area (Å²) in [7, 11) is 1.61. The molecule has 2 aromatic carbocycles. The quantitative estimate of drug-likeness (QED) is 0.753. The second-order valence-electron chi connectivity index (χ2n) is 5.38. The summed E-state index contributed by atoms with van der Waals surface area (Å²) in [6.45, 7) is 1.77. The van der Waals surface area contributed by atoms with E-state index >= 15 is 0 Å². The first-order valence-electron chi connectivity index (χ1n) is 7.61. The summed E-state index contributed by atoms with van der Waals surface area (Å²) in [5.41, 5.74) is 2.30. The van der Waals surface area contributed by atoms with E-state index in [1.807, 2.05) is 30.3 Å². The standard InChI is InChI=1S/C18H20ClN3O2/c1-12(18(24)22-16-6-4-3-5-15(16)19)21-14-9-7-13(8-10-14)11-17(23)20-2/h3-10,12,21H,11H2,1-2H3,(H,20,23)(H,22,24). The highest BCUT2D eigenvalue weighted by Gasteiger charge is 2.14. The van der Waals surface area contributed by atoms with Crippen LogP contribution in [-0.4, -0.2) is 24.9 Å². The van der Waals surface area contributed by atoms with Gasteiger partial charge in [-0.1, -0.05) is 35.9 Å². The van der Waals surface area contributed by atoms with Crippen LogP contribution in [0.15, 0.2) is 48.5 Å². The van der Waals surface area contributed by atoms with Gasteiger partial charge in [-0.25, -0.2) is 0 Å². The van der Waals surface area contributed by atoms with E-state index in [0.717, 1.165) is 11.3 Å². The Morgan fingerprint density at radius 1 is 1.08 bits per heavy atom. The second-order valence-corrected chi connectivity index (χ2v) is 5.79. The highest BCUT2D eigenvalue weighted by molar-refractivity contribution is 6.33. The predicted octanol–water partition coefficient (Wildman–Crippen LogP) is 3.07. The molecule has 6 heteroatoms. The normalized spacial score (nSPS) is 11.5. The first kappa shape index (κ1) is 17.8. The third-order valence-corrected chi connectivity index (χ3v) is 3.84. The van der Waals surface area contributed by atoms with Gasteiger partial charge in [-0.15, -0.1) is 0 Å². The average molecular weight is 346 g/mol. The average Bonchev–Trinajstić information content (AvgIpc) is 2.58. The van der Waals surface area contributed by atoms with Gasteiger partial charge in [0, 0.05) is 12.7 Å². The van der Waals surface area contributed by atoms with E-state index in [-0.39, 0.29) is 11.8 Å². The maximum absolute atomic E-state index is 12.2. The number of para-hydroxylation sites is 1. The zero-order valence-corrected chi connectivity index (χ0v) is 14.4. The largest absolute Gasteiger partial charge is 0.374 e. The van der Waals surface area contributed by atoms with Gasteiger partial charge >= 0.3 is 0 Å². The molecule has 2 amide bonds. The highest BCUT2D eigenvalue weighted by atomic mass is 35.5. The van der Waals surface area contributed by atoms with E-state index in [4.69, 9.17) is 11.6 Å². The van der Waals surface area contributed by atoms with Gasteiger partial charge < -0.3 is 16.0 Å². The Balaban J connectivity index is 1.94. The van der Waals surface area contributed by atoms with Crippen molar-refractivity contribution in [1.82, 2.24) is 5.32 Å². The summed E-state index contributed by atoms with van der Waals surface area (Å²) < 4.78 is 0. The van der Waals surface area contributed by atoms with E-state index in [1.54, 1.807) is 32.2 Å². The molecule has 0 saturated heterocycles. The zero-order chi connectivity index (χ0) is 17.5. The summed E-state index contributed by atoms with van der Waals surface area (Å²) in [6, 6.07) is 14.1. The first-order chi connectivity index (χ1) is 11.5. The Morgan fingerprint density at radius 3 is 2.38 bits per heavy atom. The third-order valence-electron chi connectivity index (χ3n) is 3.51. The van der Waals surface area contributed by atoms with Gasteiger partial charge in [0.2, 0.25) is 11.8 Å². The van der Waals surface area contributed by atoms with Gasteiger partial charge in [0.1, 0.15) is 6.04 Å². The van der Waals surface area contributed by atoms with Crippen molar-refractivity contribution in [3.05, 3.63) is 59.1 Å². The Hall–Kier alpha value is -2.53. The number of amides is 2. The highest BCUT2D eigenvalue weighted by Crippen LogP contribution is 2.21. The third kappa shape index (κ3) is 4.99. The van der Waals surface area contributed by atoms with Gasteiger partial charge in [-0.3, -0.25) is 9.59 Å². The van der Waals surface area contributed by atoms with Crippen LogP contribution in [0, 0.1) is 0 Å². The molecule has 0 aliphatic rings. The number of halogens is 1. The topological polar surface area (TPSA) is 70.2 Å². The Labute approximate surface area is 146 Å². The Kier molecular flexibility index (Phi) is 6.21. The van der Waals surface area contributed by atoms with Gasteiger partial charge in [-0.05, 0) is 36.8 Å². The Morgan fingerprint density at radius 2 is 1.75 bits per heavy atom. The van der Waals surface area contributed by atoms with Gasteiger partial charge in [0.25, 0.3) is 0 Å². The van der Waals surface area contributed by atoms with Gasteiger partial charge in [0.15, 0.2) is 0 Å². The van der Waals surface area contributed by atoms with Crippen LogP contribution in [0.5, 0.6) is 0 Å². The minimum atomic E-state index is -0.439. The fourth-order valence-electron chi connectivity index (χ4n) is 2.11. The number of nitrogens with one attached hydrogen (secondary N) is 3. The zero-order valence-electron chi connectivity index (χ0n) is 13.6. The summed E-state index contributed by atoms with van der Waals surface area (Å²) in [4.78, 5) is 23.6. The van der Waals surface area contributed by atoms with E-state index in [9.17, 15) is 9.59 Å². The van der Waals surface area contributed by atoms with Gasteiger partial charge in [-0.2, -0.15) is 0 Å². The molecule has 2 rings (SSSR count). The van der Waals surface area contributed by atoms with Crippen LogP contribution in [0.1, 0.15) is 12.5 Å². The number of carbonyl (C=O) groups excluding carboxylic acids is 2. The monoisotopic (exact) mass is 345 g/mol. The second kappa shape index (κ2) is 8.36. The van der Waals surface area contributed by atoms with Crippen LogP contribution < -0.4 is 16.0 Å². The molecule has 0 aliphatic carbocycles. The van der Waals surface area contributed by atoms with Crippen LogP contribution >= 0.6 is 11.6 Å². The first-order valence-corrected chi connectivity index (χ1v) is 7.99. The van der Waals surface area contributed by atoms with Gasteiger partial charge in [0.05, 0.1) is 17.1 Å². The number of likely N-dealkylation sites (N-methyl/N-ethyl adjacent to an activating group) is 1. The minimum Gasteiger partial charge on any atom is -0.374 e. The number of benzene rings is 2. The molecule has 24 heavy (non-hydrogen) atoms. The number of anilines is 2. The SMILES string of the molecule is CNC(=O)Cc1ccc(NC(C)C(=O)Nc2ccccc2Cl)cc1. The lowest BCUT2D eigenvalue weighted by Crippen LogP contribution is -2.31. The van der Waals surface area contributed by atoms with E-state index in [0.29, 0.717) is 17.1 Å². The Bertz CT molecular complexity index is 716. The molecule has 0 spiro atoms. The van der Waals surface area contributed by atoms with Crippen molar-refractivity contribution in [2.45, 2.75) is 19.4 Å². The molecule has 2 aromatic rings. The predicted molar refractivity (Wildman–Crippen MR) is 97.4 cm³/mol. The molecule has 3 N–H and O–H groups in total. The number of hydrogen-bond acceptors (Lipinski definition) is 3. The van der Waals surface area contributed by atoms with Crippen molar-refractivity contribution in [3.8, 4) is 0 Å². The lowest BCUT2D eigenvalue weighted by Gasteiger charge is -2.16. The van der Waals surface area contributed by atoms with Crippen LogP contribution in [0.2, 0.25) is 5.02 Å². The molecule has 0 aromatic heterocycles. The van der Waals surface area contributed by atoms with Crippen LogP contribution in [0.3, 0.4) is 0 Å². The van der Waals surface area contributed by atoms with E-state index < -0.39 is 6.04 Å². The number of rotatable bonds is 6. The van der Waals surface area contributed by atoms with Crippen LogP contribution in [0.25, 0.3) is 0 Å². The molecule has 0 radical (unpaired) electrons. The van der Waals surface area contributed by atoms with Crippen molar-refractivity contribution < 1.29 is 9.59 Å². The van der Waals surface area contributed by atoms with Crippen LogP contribution in [0.4, 0.5) is 11.4 Å².